The lowest BCUT2D eigenvalue weighted by molar-refractivity contribution is 0.101. The molecule has 0 radical (unpaired) electrons. The number of phenolic OH excluding ortho intramolecular Hbond substituents is 2. The van der Waals surface area contributed by atoms with Crippen LogP contribution in [0.1, 0.15) is 20.7 Å². The predicted molar refractivity (Wildman–Crippen MR) is 192 cm³/mol. The fourth-order valence-corrected chi connectivity index (χ4v) is 6.49. The molecule has 6 aromatic rings. The number of urea groups is 1. The summed E-state index contributed by atoms with van der Waals surface area (Å²) >= 11 is 0. The fraction of sp³-hybridized carbons (Fsp3) is 0. The maximum absolute atomic E-state index is 13.2. The topological polar surface area (TPSA) is 249 Å². The van der Waals surface area contributed by atoms with Crippen LogP contribution in [-0.4, -0.2) is 54.0 Å². The van der Waals surface area contributed by atoms with Crippen LogP contribution < -0.4 is 21.3 Å². The number of phenols is 2. The molecule has 0 unspecified atom stereocenters. The van der Waals surface area contributed by atoms with Gasteiger partial charge in [-0.2, -0.15) is 16.8 Å². The molecule has 0 saturated carbocycles. The van der Waals surface area contributed by atoms with Crippen LogP contribution in [-0.2, 0) is 20.2 Å². The number of carbonyl (C=O) groups excluding carboxylic acids is 3. The molecule has 0 aliphatic heterocycles. The van der Waals surface area contributed by atoms with Crippen LogP contribution in [0.3, 0.4) is 0 Å². The second kappa shape index (κ2) is 13.6. The SMILES string of the molecule is O=C(Nc1cccc(C(=O)Nc2cccc3cc(S(=O)(=O)O)cc(O)c23)c1)Nc1cccc(C(=O)Nc2cccc3cc(S(=O)(=O)O)cc(O)c23)c1. The first kappa shape index (κ1) is 35.3. The number of fused-ring (bicyclic) bond motifs is 2. The zero-order valence-corrected chi connectivity index (χ0v) is 28.0. The number of aromatic hydroxyl groups is 2. The Balaban J connectivity index is 1.14. The van der Waals surface area contributed by atoms with Crippen molar-refractivity contribution in [2.75, 3.05) is 21.3 Å². The van der Waals surface area contributed by atoms with Gasteiger partial charge in [0.1, 0.15) is 11.5 Å². The molecule has 15 nitrogen and oxygen atoms in total. The molecule has 52 heavy (non-hydrogen) atoms. The predicted octanol–water partition coefficient (Wildman–Crippen LogP) is 6.05. The molecule has 0 saturated heterocycles. The highest BCUT2D eigenvalue weighted by molar-refractivity contribution is 7.86. The largest absolute Gasteiger partial charge is 0.507 e. The van der Waals surface area contributed by atoms with Gasteiger partial charge in [0.25, 0.3) is 32.1 Å². The highest BCUT2D eigenvalue weighted by Gasteiger charge is 2.19. The second-order valence-electron chi connectivity index (χ2n) is 11.3. The number of carbonyl (C=O) groups is 3. The van der Waals surface area contributed by atoms with Gasteiger partial charge in [0.15, 0.2) is 0 Å². The molecule has 0 aliphatic rings. The normalized spacial score (nSPS) is 11.6. The number of hydrogen-bond acceptors (Lipinski definition) is 9. The Kier molecular flexibility index (Phi) is 9.26. The summed E-state index contributed by atoms with van der Waals surface area (Å²) in [5.74, 6) is -2.21. The highest BCUT2D eigenvalue weighted by atomic mass is 32.2. The van der Waals surface area contributed by atoms with Gasteiger partial charge in [0.2, 0.25) is 0 Å². The minimum atomic E-state index is -4.59. The third-order valence-electron chi connectivity index (χ3n) is 7.72. The zero-order chi connectivity index (χ0) is 37.4. The summed E-state index contributed by atoms with van der Waals surface area (Å²) in [5, 5.41) is 32.3. The number of nitrogens with one attached hydrogen (secondary N) is 4. The van der Waals surface area contributed by atoms with Crippen LogP contribution in [0.15, 0.2) is 119 Å². The Morgan fingerprint density at radius 2 is 0.865 bits per heavy atom. The molecule has 0 heterocycles. The first-order chi connectivity index (χ1) is 24.6. The highest BCUT2D eigenvalue weighted by Crippen LogP contribution is 2.36. The van der Waals surface area contributed by atoms with Gasteiger partial charge < -0.3 is 31.5 Å². The maximum Gasteiger partial charge on any atom is 0.323 e. The summed E-state index contributed by atoms with van der Waals surface area (Å²) in [4.78, 5) is 38.2. The lowest BCUT2D eigenvalue weighted by Crippen LogP contribution is -2.20. The Morgan fingerprint density at radius 3 is 1.25 bits per heavy atom. The fourth-order valence-electron chi connectivity index (χ4n) is 5.42. The van der Waals surface area contributed by atoms with Crippen molar-refractivity contribution in [3.8, 4) is 11.5 Å². The molecule has 17 heteroatoms. The molecule has 0 fully saturated rings. The summed E-state index contributed by atoms with van der Waals surface area (Å²) in [6.07, 6.45) is 0. The van der Waals surface area contributed by atoms with Crippen molar-refractivity contribution in [1.82, 2.24) is 0 Å². The zero-order valence-electron chi connectivity index (χ0n) is 26.4. The lowest BCUT2D eigenvalue weighted by atomic mass is 10.1. The Morgan fingerprint density at radius 1 is 0.481 bits per heavy atom. The average Bonchev–Trinajstić information content (AvgIpc) is 3.07. The first-order valence-electron chi connectivity index (χ1n) is 14.9. The van der Waals surface area contributed by atoms with Crippen LogP contribution in [0, 0.1) is 0 Å². The van der Waals surface area contributed by atoms with Crippen molar-refractivity contribution >= 4 is 82.4 Å². The summed E-state index contributed by atoms with van der Waals surface area (Å²) in [5.41, 5.74) is 1.01. The molecule has 0 bridgehead atoms. The van der Waals surface area contributed by atoms with Crippen LogP contribution in [0.25, 0.3) is 21.5 Å². The van der Waals surface area contributed by atoms with Crippen molar-refractivity contribution in [2.45, 2.75) is 9.79 Å². The number of benzene rings is 6. The smallest absolute Gasteiger partial charge is 0.323 e. The van der Waals surface area contributed by atoms with Crippen molar-refractivity contribution < 1.29 is 50.5 Å². The van der Waals surface area contributed by atoms with Gasteiger partial charge in [-0.05, 0) is 71.4 Å². The summed E-state index contributed by atoms with van der Waals surface area (Å²) in [6, 6.07) is 24.1. The van der Waals surface area contributed by atoms with Gasteiger partial charge in [-0.1, -0.05) is 36.4 Å². The third kappa shape index (κ3) is 7.62. The Hall–Kier alpha value is -6.53. The number of amides is 4. The van der Waals surface area contributed by atoms with Crippen LogP contribution in [0.2, 0.25) is 0 Å². The van der Waals surface area contributed by atoms with Gasteiger partial charge in [0, 0.05) is 45.4 Å². The Bertz CT molecular complexity index is 2500. The standard InChI is InChI=1S/C35H26N4O11S2/c40-29-17-25(51(45,46)47)15-19-5-3-11-27(31(19)29)38-33(42)21-7-1-9-23(13-21)36-35(44)37-24-10-2-8-22(14-24)34(43)39-28-12-4-6-20-16-26(52(48,49)50)18-30(41)32(20)28/h1-18,40-41H,(H,38,42)(H,39,43)(H2,36,37,44)(H,45,46,47)(H,48,49,50). The molecule has 4 amide bonds. The maximum atomic E-state index is 13.2. The van der Waals surface area contributed by atoms with Crippen LogP contribution in [0.5, 0.6) is 11.5 Å². The van der Waals surface area contributed by atoms with Crippen molar-refractivity contribution in [1.29, 1.82) is 0 Å². The van der Waals surface area contributed by atoms with Gasteiger partial charge in [0.05, 0.1) is 21.2 Å². The van der Waals surface area contributed by atoms with Crippen molar-refractivity contribution in [3.05, 3.63) is 120 Å². The molecular weight excluding hydrogens is 717 g/mol. The monoisotopic (exact) mass is 742 g/mol. The number of anilines is 4. The van der Waals surface area contributed by atoms with E-state index in [1.165, 1.54) is 84.9 Å². The van der Waals surface area contributed by atoms with E-state index in [4.69, 9.17) is 0 Å². The number of rotatable bonds is 8. The number of hydrogen-bond donors (Lipinski definition) is 8. The van der Waals surface area contributed by atoms with Gasteiger partial charge in [-0.25, -0.2) is 4.79 Å². The molecule has 0 atom stereocenters. The van der Waals surface area contributed by atoms with E-state index in [2.05, 4.69) is 21.3 Å². The molecule has 6 aromatic carbocycles. The van der Waals surface area contributed by atoms with E-state index in [0.29, 0.717) is 0 Å². The molecule has 0 spiro atoms. The first-order valence-corrected chi connectivity index (χ1v) is 17.8. The van der Waals surface area contributed by atoms with Gasteiger partial charge in [-0.3, -0.25) is 18.7 Å². The quantitative estimate of drug-likeness (QED) is 0.0834. The minimum Gasteiger partial charge on any atom is -0.507 e. The molecule has 8 N–H and O–H groups in total. The van der Waals surface area contributed by atoms with E-state index in [0.717, 1.165) is 24.3 Å². The molecule has 6 rings (SSSR count). The summed E-state index contributed by atoms with van der Waals surface area (Å²) < 4.78 is 65.0. The van der Waals surface area contributed by atoms with E-state index in [9.17, 15) is 50.5 Å². The van der Waals surface area contributed by atoms with E-state index >= 15 is 0 Å². The van der Waals surface area contributed by atoms with Gasteiger partial charge in [-0.15, -0.1) is 0 Å². The van der Waals surface area contributed by atoms with Crippen molar-refractivity contribution in [3.63, 3.8) is 0 Å². The molecule has 0 aliphatic carbocycles. The van der Waals surface area contributed by atoms with Crippen LogP contribution in [0.4, 0.5) is 27.5 Å². The third-order valence-corrected chi connectivity index (χ3v) is 9.38. The van der Waals surface area contributed by atoms with E-state index < -0.39 is 59.4 Å². The molecule has 264 valence electrons. The lowest BCUT2D eigenvalue weighted by Gasteiger charge is -2.13. The molecular formula is C35H26N4O11S2. The average molecular weight is 743 g/mol. The minimum absolute atomic E-state index is 0.121. The molecule has 0 aromatic heterocycles. The summed E-state index contributed by atoms with van der Waals surface area (Å²) in [6.45, 7) is 0. The van der Waals surface area contributed by atoms with E-state index in [1.807, 2.05) is 0 Å². The Labute approximate surface area is 295 Å². The summed E-state index contributed by atoms with van der Waals surface area (Å²) in [7, 11) is -9.19. The van der Waals surface area contributed by atoms with Crippen LogP contribution >= 0.6 is 0 Å². The van der Waals surface area contributed by atoms with Crippen molar-refractivity contribution in [2.24, 2.45) is 0 Å². The van der Waals surface area contributed by atoms with Gasteiger partial charge >= 0.3 is 6.03 Å². The second-order valence-corrected chi connectivity index (χ2v) is 14.1. The van der Waals surface area contributed by atoms with E-state index in [-0.39, 0.29) is 55.4 Å². The van der Waals surface area contributed by atoms with E-state index in [1.54, 1.807) is 0 Å².